The van der Waals surface area contributed by atoms with E-state index in [1.54, 1.807) is 13.1 Å². The number of likely N-dealkylation sites (tertiary alicyclic amines) is 1. The van der Waals surface area contributed by atoms with Gasteiger partial charge in [0, 0.05) is 20.1 Å². The van der Waals surface area contributed by atoms with Gasteiger partial charge in [0.15, 0.2) is 0 Å². The molecule has 1 fully saturated rings. The third kappa shape index (κ3) is 2.28. The van der Waals surface area contributed by atoms with Gasteiger partial charge < -0.3 is 14.9 Å². The van der Waals surface area contributed by atoms with Gasteiger partial charge in [0.05, 0.1) is 0 Å². The summed E-state index contributed by atoms with van der Waals surface area (Å²) in [7, 11) is 1.66. The van der Waals surface area contributed by atoms with Crippen LogP contribution in [0.4, 0.5) is 4.79 Å². The molecule has 5 nitrogen and oxygen atoms in total. The summed E-state index contributed by atoms with van der Waals surface area (Å²) in [4.78, 5) is 26.5. The van der Waals surface area contributed by atoms with E-state index in [0.717, 1.165) is 6.42 Å². The Balaban J connectivity index is 2.92. The van der Waals surface area contributed by atoms with Crippen LogP contribution < -0.4 is 0 Å². The normalized spacial score (nSPS) is 23.5. The molecule has 1 heterocycles. The number of carboxylic acids is 1. The predicted octanol–water partition coefficient (Wildman–Crippen LogP) is 1.55. The van der Waals surface area contributed by atoms with Crippen molar-refractivity contribution in [1.82, 2.24) is 9.80 Å². The Kier molecular flexibility index (Phi) is 4.15. The van der Waals surface area contributed by atoms with Crippen LogP contribution in [0.1, 0.15) is 26.2 Å². The lowest BCUT2D eigenvalue weighted by Gasteiger charge is -2.36. The van der Waals surface area contributed by atoms with Crippen LogP contribution in [0.25, 0.3) is 0 Å². The molecule has 0 bridgehead atoms. The van der Waals surface area contributed by atoms with E-state index in [1.807, 2.05) is 6.92 Å². The second kappa shape index (κ2) is 5.21. The van der Waals surface area contributed by atoms with Gasteiger partial charge in [0.1, 0.15) is 5.54 Å². The van der Waals surface area contributed by atoms with Crippen molar-refractivity contribution in [2.75, 3.05) is 20.1 Å². The van der Waals surface area contributed by atoms with Crippen LogP contribution in [-0.2, 0) is 4.79 Å². The number of hydrogen-bond donors (Lipinski definition) is 1. The molecule has 0 aromatic heterocycles. The summed E-state index contributed by atoms with van der Waals surface area (Å²) in [5.41, 5.74) is -1.02. The van der Waals surface area contributed by atoms with E-state index >= 15 is 0 Å². The van der Waals surface area contributed by atoms with Crippen LogP contribution in [-0.4, -0.2) is 52.6 Å². The summed E-state index contributed by atoms with van der Waals surface area (Å²) < 4.78 is 0. The first-order chi connectivity index (χ1) is 7.99. The maximum Gasteiger partial charge on any atom is 0.329 e. The highest BCUT2D eigenvalue weighted by Gasteiger charge is 2.49. The molecule has 2 amide bonds. The van der Waals surface area contributed by atoms with Gasteiger partial charge in [-0.3, -0.25) is 0 Å². The molecule has 1 atom stereocenters. The summed E-state index contributed by atoms with van der Waals surface area (Å²) in [6.07, 6.45) is 3.35. The molecule has 1 N–H and O–H groups in total. The second-order valence-electron chi connectivity index (χ2n) is 4.40. The van der Waals surface area contributed by atoms with Crippen LogP contribution >= 0.6 is 0 Å². The summed E-state index contributed by atoms with van der Waals surface area (Å²) in [6, 6.07) is -0.230. The fourth-order valence-electron chi connectivity index (χ4n) is 2.38. The zero-order valence-electron chi connectivity index (χ0n) is 10.5. The molecule has 1 saturated heterocycles. The summed E-state index contributed by atoms with van der Waals surface area (Å²) in [5.74, 6) is -0.905. The molecule has 5 heteroatoms. The van der Waals surface area contributed by atoms with E-state index in [1.165, 1.54) is 9.80 Å². The third-order valence-electron chi connectivity index (χ3n) is 3.43. The fraction of sp³-hybridized carbons (Fsp3) is 0.667. The van der Waals surface area contributed by atoms with E-state index in [4.69, 9.17) is 0 Å². The van der Waals surface area contributed by atoms with Crippen molar-refractivity contribution < 1.29 is 14.7 Å². The molecule has 1 unspecified atom stereocenters. The zero-order valence-corrected chi connectivity index (χ0v) is 10.5. The molecule has 0 aliphatic carbocycles. The average molecular weight is 240 g/mol. The number of urea groups is 1. The van der Waals surface area contributed by atoms with Crippen LogP contribution in [0.5, 0.6) is 0 Å². The number of nitrogens with zero attached hydrogens (tertiary/aromatic N) is 2. The van der Waals surface area contributed by atoms with Crippen LogP contribution in [0.2, 0.25) is 0 Å². The minimum Gasteiger partial charge on any atom is -0.479 e. The van der Waals surface area contributed by atoms with Crippen molar-refractivity contribution >= 4 is 12.0 Å². The Labute approximate surface area is 102 Å². The van der Waals surface area contributed by atoms with Crippen LogP contribution in [0.15, 0.2) is 12.7 Å². The largest absolute Gasteiger partial charge is 0.479 e. The van der Waals surface area contributed by atoms with Crippen molar-refractivity contribution in [3.8, 4) is 0 Å². The topological polar surface area (TPSA) is 60.9 Å². The quantitative estimate of drug-likeness (QED) is 0.758. The summed E-state index contributed by atoms with van der Waals surface area (Å²) in [5, 5.41) is 9.36. The average Bonchev–Trinajstić information content (AvgIpc) is 2.73. The Morgan fingerprint density at radius 2 is 2.24 bits per heavy atom. The lowest BCUT2D eigenvalue weighted by molar-refractivity contribution is -0.148. The van der Waals surface area contributed by atoms with Gasteiger partial charge in [-0.25, -0.2) is 9.59 Å². The molecule has 0 radical (unpaired) electrons. The highest BCUT2D eigenvalue weighted by atomic mass is 16.4. The number of likely N-dealkylation sites (N-methyl/N-ethyl adjacent to an activating group) is 1. The number of carboxylic acid groups (broad SMARTS) is 1. The molecule has 17 heavy (non-hydrogen) atoms. The standard InChI is InChI=1S/C12H20N2O3/c1-4-8-13(3)11(17)14-9-6-7-12(14,5-2)10(15)16/h4H,1,5-9H2,2-3H3,(H,15,16). The molecule has 0 aromatic carbocycles. The number of rotatable bonds is 4. The summed E-state index contributed by atoms with van der Waals surface area (Å²) in [6.45, 7) is 6.32. The molecule has 96 valence electrons. The van der Waals surface area contributed by atoms with Gasteiger partial charge in [-0.15, -0.1) is 6.58 Å². The zero-order chi connectivity index (χ0) is 13.1. The van der Waals surface area contributed by atoms with E-state index in [9.17, 15) is 14.7 Å². The first-order valence-corrected chi connectivity index (χ1v) is 5.86. The number of hydrogen-bond acceptors (Lipinski definition) is 2. The molecule has 1 aliphatic heterocycles. The van der Waals surface area contributed by atoms with Gasteiger partial charge in [-0.1, -0.05) is 13.0 Å². The Bertz CT molecular complexity index is 330. The Hall–Kier alpha value is -1.52. The smallest absolute Gasteiger partial charge is 0.329 e. The maximum absolute atomic E-state index is 12.2. The monoisotopic (exact) mass is 240 g/mol. The first kappa shape index (κ1) is 13.5. The first-order valence-electron chi connectivity index (χ1n) is 5.86. The van der Waals surface area contributed by atoms with E-state index < -0.39 is 11.5 Å². The lowest BCUT2D eigenvalue weighted by Crippen LogP contribution is -2.55. The maximum atomic E-state index is 12.2. The molecular weight excluding hydrogens is 220 g/mol. The van der Waals surface area contributed by atoms with Crippen LogP contribution in [0.3, 0.4) is 0 Å². The number of carbonyl (C=O) groups excluding carboxylic acids is 1. The minimum atomic E-state index is -1.02. The minimum absolute atomic E-state index is 0.230. The van der Waals surface area contributed by atoms with E-state index in [0.29, 0.717) is 25.9 Å². The lowest BCUT2D eigenvalue weighted by atomic mass is 9.93. The molecule has 1 aliphatic rings. The number of amides is 2. The van der Waals surface area contributed by atoms with Crippen molar-refractivity contribution in [1.29, 1.82) is 0 Å². The van der Waals surface area contributed by atoms with Crippen molar-refractivity contribution in [2.24, 2.45) is 0 Å². The van der Waals surface area contributed by atoms with Crippen molar-refractivity contribution in [3.05, 3.63) is 12.7 Å². The van der Waals surface area contributed by atoms with E-state index in [2.05, 4.69) is 6.58 Å². The summed E-state index contributed by atoms with van der Waals surface area (Å²) >= 11 is 0. The second-order valence-corrected chi connectivity index (χ2v) is 4.40. The SMILES string of the molecule is C=CCN(C)C(=O)N1CCCC1(CC)C(=O)O. The molecular formula is C12H20N2O3. The molecule has 0 spiro atoms. The third-order valence-corrected chi connectivity index (χ3v) is 3.43. The fourth-order valence-corrected chi connectivity index (χ4v) is 2.38. The Morgan fingerprint density at radius 1 is 1.59 bits per heavy atom. The highest BCUT2D eigenvalue weighted by Crippen LogP contribution is 2.33. The molecule has 1 rings (SSSR count). The van der Waals surface area contributed by atoms with Crippen molar-refractivity contribution in [2.45, 2.75) is 31.7 Å². The number of aliphatic carboxylic acids is 1. The molecule has 0 aromatic rings. The van der Waals surface area contributed by atoms with Crippen LogP contribution in [0, 0.1) is 0 Å². The van der Waals surface area contributed by atoms with Gasteiger partial charge in [-0.05, 0) is 19.3 Å². The predicted molar refractivity (Wildman–Crippen MR) is 64.8 cm³/mol. The van der Waals surface area contributed by atoms with Gasteiger partial charge >= 0.3 is 12.0 Å². The van der Waals surface area contributed by atoms with Gasteiger partial charge in [0.2, 0.25) is 0 Å². The Morgan fingerprint density at radius 3 is 2.71 bits per heavy atom. The van der Waals surface area contributed by atoms with Crippen molar-refractivity contribution in [3.63, 3.8) is 0 Å². The number of carbonyl (C=O) groups is 2. The highest BCUT2D eigenvalue weighted by molar-refractivity contribution is 5.87. The molecule has 0 saturated carbocycles. The van der Waals surface area contributed by atoms with Gasteiger partial charge in [-0.2, -0.15) is 0 Å². The van der Waals surface area contributed by atoms with E-state index in [-0.39, 0.29) is 6.03 Å². The van der Waals surface area contributed by atoms with Gasteiger partial charge in [0.25, 0.3) is 0 Å².